The molecule has 122 valence electrons. The highest BCUT2D eigenvalue weighted by Crippen LogP contribution is 2.16. The fourth-order valence-electron chi connectivity index (χ4n) is 3.09. The third kappa shape index (κ3) is 4.10. The van der Waals surface area contributed by atoms with Crippen LogP contribution >= 0.6 is 0 Å². The highest BCUT2D eigenvalue weighted by atomic mass is 16.4. The summed E-state index contributed by atoms with van der Waals surface area (Å²) in [5.41, 5.74) is 1.49. The van der Waals surface area contributed by atoms with E-state index < -0.39 is 5.97 Å². The molecular weight excluding hydrogens is 282 g/mol. The van der Waals surface area contributed by atoms with Crippen LogP contribution in [0.3, 0.4) is 0 Å². The quantitative estimate of drug-likeness (QED) is 0.827. The number of carbonyl (C=O) groups is 2. The fraction of sp³-hybridized carbons (Fsp3) is 0.625. The standard InChI is InChI=1S/C16H25N3O3/c1-12-11-18(2)13(15(12)16(21)22)10-14(20)17-6-9-19-7-4-3-5-8-19/h11H,3-10H2,1-2H3,(H,17,20)(H,21,22). The second-order valence-corrected chi connectivity index (χ2v) is 5.98. The van der Waals surface area contributed by atoms with Gasteiger partial charge in [0.1, 0.15) is 0 Å². The van der Waals surface area contributed by atoms with E-state index in [1.54, 1.807) is 24.7 Å². The second-order valence-electron chi connectivity index (χ2n) is 5.98. The Morgan fingerprint density at radius 1 is 1.27 bits per heavy atom. The van der Waals surface area contributed by atoms with E-state index in [2.05, 4.69) is 10.2 Å². The molecule has 2 heterocycles. The number of piperidine rings is 1. The van der Waals surface area contributed by atoms with Crippen LogP contribution < -0.4 is 5.32 Å². The SMILES string of the molecule is Cc1cn(C)c(CC(=O)NCCN2CCCCC2)c1C(=O)O. The average Bonchev–Trinajstić information content (AvgIpc) is 2.74. The lowest BCUT2D eigenvalue weighted by Crippen LogP contribution is -2.38. The number of carboxylic acids is 1. The maximum atomic E-state index is 12.1. The molecule has 22 heavy (non-hydrogen) atoms. The zero-order valence-electron chi connectivity index (χ0n) is 13.4. The van der Waals surface area contributed by atoms with Crippen LogP contribution in [0.25, 0.3) is 0 Å². The number of likely N-dealkylation sites (tertiary alicyclic amines) is 1. The minimum absolute atomic E-state index is 0.103. The Balaban J connectivity index is 1.85. The summed E-state index contributed by atoms with van der Waals surface area (Å²) in [5.74, 6) is -1.10. The second kappa shape index (κ2) is 7.45. The van der Waals surface area contributed by atoms with Crippen molar-refractivity contribution in [2.45, 2.75) is 32.6 Å². The Labute approximate surface area is 131 Å². The number of rotatable bonds is 6. The summed E-state index contributed by atoms with van der Waals surface area (Å²) in [7, 11) is 1.77. The summed E-state index contributed by atoms with van der Waals surface area (Å²) in [6, 6.07) is 0. The van der Waals surface area contributed by atoms with E-state index in [-0.39, 0.29) is 17.9 Å². The van der Waals surface area contributed by atoms with Gasteiger partial charge in [-0.3, -0.25) is 4.79 Å². The van der Waals surface area contributed by atoms with Crippen LogP contribution in [0, 0.1) is 6.92 Å². The summed E-state index contributed by atoms with van der Waals surface area (Å²) in [5, 5.41) is 12.2. The van der Waals surface area contributed by atoms with Crippen molar-refractivity contribution in [3.05, 3.63) is 23.0 Å². The van der Waals surface area contributed by atoms with Crippen LogP contribution in [-0.4, -0.2) is 52.6 Å². The van der Waals surface area contributed by atoms with Gasteiger partial charge in [0.2, 0.25) is 5.91 Å². The van der Waals surface area contributed by atoms with Gasteiger partial charge in [0.05, 0.1) is 12.0 Å². The van der Waals surface area contributed by atoms with Crippen LogP contribution in [-0.2, 0) is 18.3 Å². The molecule has 1 amide bonds. The summed E-state index contributed by atoms with van der Waals surface area (Å²) < 4.78 is 1.73. The van der Waals surface area contributed by atoms with E-state index in [0.29, 0.717) is 17.8 Å². The number of aryl methyl sites for hydroxylation is 2. The lowest BCUT2D eigenvalue weighted by molar-refractivity contribution is -0.120. The fourth-order valence-corrected chi connectivity index (χ4v) is 3.09. The first kappa shape index (κ1) is 16.5. The van der Waals surface area contributed by atoms with Gasteiger partial charge in [0, 0.05) is 32.0 Å². The van der Waals surface area contributed by atoms with Crippen molar-refractivity contribution in [1.29, 1.82) is 0 Å². The summed E-state index contributed by atoms with van der Waals surface area (Å²) in [4.78, 5) is 25.7. The molecule has 0 bridgehead atoms. The number of amides is 1. The number of nitrogens with zero attached hydrogens (tertiary/aromatic N) is 2. The first-order chi connectivity index (χ1) is 10.5. The average molecular weight is 307 g/mol. The Morgan fingerprint density at radius 3 is 2.59 bits per heavy atom. The Morgan fingerprint density at radius 2 is 1.95 bits per heavy atom. The van der Waals surface area contributed by atoms with Gasteiger partial charge >= 0.3 is 5.97 Å². The minimum atomic E-state index is -0.978. The summed E-state index contributed by atoms with van der Waals surface area (Å²) in [6.07, 6.45) is 5.62. The molecule has 0 aliphatic carbocycles. The molecular formula is C16H25N3O3. The molecule has 1 aliphatic heterocycles. The van der Waals surface area contributed by atoms with Gasteiger partial charge in [-0.1, -0.05) is 6.42 Å². The van der Waals surface area contributed by atoms with Gasteiger partial charge in [0.15, 0.2) is 0 Å². The highest BCUT2D eigenvalue weighted by Gasteiger charge is 2.20. The van der Waals surface area contributed by atoms with E-state index in [0.717, 1.165) is 19.6 Å². The van der Waals surface area contributed by atoms with Gasteiger partial charge < -0.3 is 19.9 Å². The zero-order chi connectivity index (χ0) is 16.1. The van der Waals surface area contributed by atoms with E-state index >= 15 is 0 Å². The number of aromatic nitrogens is 1. The number of hydrogen-bond donors (Lipinski definition) is 2. The maximum Gasteiger partial charge on any atom is 0.337 e. The minimum Gasteiger partial charge on any atom is -0.478 e. The van der Waals surface area contributed by atoms with Gasteiger partial charge in [-0.15, -0.1) is 0 Å². The number of carboxylic acid groups (broad SMARTS) is 1. The van der Waals surface area contributed by atoms with Crippen LogP contribution in [0.4, 0.5) is 0 Å². The molecule has 1 aliphatic rings. The molecule has 1 fully saturated rings. The molecule has 0 unspecified atom stereocenters. The number of hydrogen-bond acceptors (Lipinski definition) is 3. The zero-order valence-corrected chi connectivity index (χ0v) is 13.4. The molecule has 6 nitrogen and oxygen atoms in total. The molecule has 0 saturated carbocycles. The van der Waals surface area contributed by atoms with E-state index in [1.165, 1.54) is 19.3 Å². The molecule has 1 aromatic heterocycles. The van der Waals surface area contributed by atoms with Gasteiger partial charge in [-0.25, -0.2) is 4.79 Å². The van der Waals surface area contributed by atoms with Crippen molar-refractivity contribution in [1.82, 2.24) is 14.8 Å². The normalized spacial score (nSPS) is 15.7. The van der Waals surface area contributed by atoms with E-state index in [4.69, 9.17) is 0 Å². The topological polar surface area (TPSA) is 74.6 Å². The smallest absolute Gasteiger partial charge is 0.337 e. The Bertz CT molecular complexity index is 545. The third-order valence-electron chi connectivity index (χ3n) is 4.24. The van der Waals surface area contributed by atoms with Crippen LogP contribution in [0.1, 0.15) is 40.9 Å². The molecule has 1 saturated heterocycles. The van der Waals surface area contributed by atoms with Crippen LogP contribution in [0.15, 0.2) is 6.20 Å². The van der Waals surface area contributed by atoms with Crippen LogP contribution in [0.2, 0.25) is 0 Å². The monoisotopic (exact) mass is 307 g/mol. The lowest BCUT2D eigenvalue weighted by atomic mass is 10.1. The molecule has 0 radical (unpaired) electrons. The number of carbonyl (C=O) groups excluding carboxylic acids is 1. The van der Waals surface area contributed by atoms with Gasteiger partial charge in [0.25, 0.3) is 0 Å². The molecule has 1 aromatic rings. The van der Waals surface area contributed by atoms with Crippen molar-refractivity contribution >= 4 is 11.9 Å². The predicted molar refractivity (Wildman–Crippen MR) is 84.1 cm³/mol. The predicted octanol–water partition coefficient (Wildman–Crippen LogP) is 1.18. The van der Waals surface area contributed by atoms with Gasteiger partial charge in [-0.2, -0.15) is 0 Å². The van der Waals surface area contributed by atoms with Crippen molar-refractivity contribution in [3.63, 3.8) is 0 Å². The lowest BCUT2D eigenvalue weighted by Gasteiger charge is -2.26. The van der Waals surface area contributed by atoms with Crippen molar-refractivity contribution in [2.24, 2.45) is 7.05 Å². The number of aromatic carboxylic acids is 1. The van der Waals surface area contributed by atoms with Crippen molar-refractivity contribution < 1.29 is 14.7 Å². The third-order valence-corrected chi connectivity index (χ3v) is 4.24. The van der Waals surface area contributed by atoms with E-state index in [1.807, 2.05) is 0 Å². The summed E-state index contributed by atoms with van der Waals surface area (Å²) >= 11 is 0. The molecule has 0 spiro atoms. The van der Waals surface area contributed by atoms with Crippen molar-refractivity contribution in [2.75, 3.05) is 26.2 Å². The summed E-state index contributed by atoms with van der Waals surface area (Å²) in [6.45, 7) is 5.45. The van der Waals surface area contributed by atoms with Crippen molar-refractivity contribution in [3.8, 4) is 0 Å². The van der Waals surface area contributed by atoms with Gasteiger partial charge in [-0.05, 0) is 38.4 Å². The number of nitrogens with one attached hydrogen (secondary N) is 1. The largest absolute Gasteiger partial charge is 0.478 e. The first-order valence-corrected chi connectivity index (χ1v) is 7.86. The molecule has 2 N–H and O–H groups in total. The molecule has 6 heteroatoms. The Hall–Kier alpha value is -1.82. The molecule has 0 aromatic carbocycles. The van der Waals surface area contributed by atoms with E-state index in [9.17, 15) is 14.7 Å². The Kier molecular flexibility index (Phi) is 5.60. The first-order valence-electron chi connectivity index (χ1n) is 7.86. The highest BCUT2D eigenvalue weighted by molar-refractivity contribution is 5.92. The molecule has 0 atom stereocenters. The maximum absolute atomic E-state index is 12.1. The van der Waals surface area contributed by atoms with Crippen LogP contribution in [0.5, 0.6) is 0 Å². The molecule has 2 rings (SSSR count).